The van der Waals surface area contributed by atoms with Crippen molar-refractivity contribution < 1.29 is 9.66 Å². The van der Waals surface area contributed by atoms with Crippen LogP contribution in [-0.4, -0.2) is 17.0 Å². The monoisotopic (exact) mass is 310 g/mol. The number of nitrogens with zero attached hydrogens (tertiary/aromatic N) is 2. The number of rotatable bonds is 2. The Morgan fingerprint density at radius 3 is 2.62 bits per heavy atom. The van der Waals surface area contributed by atoms with Gasteiger partial charge in [-0.3, -0.25) is 0 Å². The summed E-state index contributed by atoms with van der Waals surface area (Å²) in [6.45, 7) is 0. The molecule has 0 radical (unpaired) electrons. The van der Waals surface area contributed by atoms with Gasteiger partial charge in [0.1, 0.15) is 0 Å². The lowest BCUT2D eigenvalue weighted by molar-refractivity contribution is -0.389. The minimum Gasteiger partial charge on any atom is -0.491 e. The van der Waals surface area contributed by atoms with Gasteiger partial charge in [0.25, 0.3) is 4.60 Å². The van der Waals surface area contributed by atoms with Gasteiger partial charge in [-0.2, -0.15) is 0 Å². The lowest BCUT2D eigenvalue weighted by Crippen LogP contribution is -1.95. The molecule has 0 amide bonds. The van der Waals surface area contributed by atoms with Crippen molar-refractivity contribution >= 4 is 37.7 Å². The second-order valence-electron chi connectivity index (χ2n) is 2.04. The van der Waals surface area contributed by atoms with Crippen molar-refractivity contribution in [1.82, 2.24) is 4.98 Å². The molecule has 0 aromatic carbocycles. The fraction of sp³-hybridized carbons (Fsp3) is 0.167. The van der Waals surface area contributed by atoms with E-state index >= 15 is 0 Å². The largest absolute Gasteiger partial charge is 0.491 e. The number of aromatic nitrogens is 1. The standard InChI is InChI=1S/C6H4Br2N2O3/c1-13-5-3(7)2-4(10(11)12)9-6(5)8/h2H,1H3. The maximum Gasteiger partial charge on any atom is 0.366 e. The topological polar surface area (TPSA) is 65.3 Å². The molecule has 0 spiro atoms. The predicted molar refractivity (Wildman–Crippen MR) is 52.8 cm³/mol. The summed E-state index contributed by atoms with van der Waals surface area (Å²) in [7, 11) is 1.46. The van der Waals surface area contributed by atoms with Crippen LogP contribution in [0, 0.1) is 10.1 Å². The predicted octanol–water partition coefficient (Wildman–Crippen LogP) is 2.52. The van der Waals surface area contributed by atoms with Gasteiger partial charge in [-0.1, -0.05) is 0 Å². The van der Waals surface area contributed by atoms with Crippen LogP contribution in [0.1, 0.15) is 0 Å². The molecule has 0 N–H and O–H groups in total. The summed E-state index contributed by atoms with van der Waals surface area (Å²) in [5.74, 6) is 0.199. The molecule has 1 rings (SSSR count). The Balaban J connectivity index is 3.28. The first-order valence-electron chi connectivity index (χ1n) is 3.10. The van der Waals surface area contributed by atoms with Crippen molar-refractivity contribution in [2.75, 3.05) is 7.11 Å². The van der Waals surface area contributed by atoms with Crippen molar-refractivity contribution in [1.29, 1.82) is 0 Å². The van der Waals surface area contributed by atoms with Crippen LogP contribution in [0.15, 0.2) is 15.1 Å². The van der Waals surface area contributed by atoms with E-state index in [1.807, 2.05) is 0 Å². The van der Waals surface area contributed by atoms with Crippen LogP contribution in [0.5, 0.6) is 5.75 Å². The molecule has 5 nitrogen and oxygen atoms in total. The number of hydrogen-bond acceptors (Lipinski definition) is 4. The van der Waals surface area contributed by atoms with Gasteiger partial charge in [0.05, 0.1) is 17.6 Å². The molecular weight excluding hydrogens is 308 g/mol. The zero-order chi connectivity index (χ0) is 10.0. The molecular formula is C6H4Br2N2O3. The van der Waals surface area contributed by atoms with Crippen LogP contribution < -0.4 is 4.74 Å². The first kappa shape index (κ1) is 10.4. The minimum absolute atomic E-state index is 0.237. The van der Waals surface area contributed by atoms with Gasteiger partial charge in [0.2, 0.25) is 0 Å². The Morgan fingerprint density at radius 2 is 2.23 bits per heavy atom. The van der Waals surface area contributed by atoms with Crippen molar-refractivity contribution in [2.45, 2.75) is 0 Å². The third-order valence-corrected chi connectivity index (χ3v) is 2.39. The molecule has 0 aliphatic heterocycles. The number of ether oxygens (including phenoxy) is 1. The van der Waals surface area contributed by atoms with E-state index in [0.29, 0.717) is 14.8 Å². The highest BCUT2D eigenvalue weighted by Gasteiger charge is 2.17. The normalized spacial score (nSPS) is 9.77. The lowest BCUT2D eigenvalue weighted by atomic mass is 10.4. The van der Waals surface area contributed by atoms with Crippen molar-refractivity contribution in [3.05, 3.63) is 25.3 Å². The molecule has 0 aliphatic carbocycles. The zero-order valence-corrected chi connectivity index (χ0v) is 9.62. The molecule has 0 saturated heterocycles. The summed E-state index contributed by atoms with van der Waals surface area (Å²) in [6.07, 6.45) is 0. The highest BCUT2D eigenvalue weighted by molar-refractivity contribution is 9.11. The van der Waals surface area contributed by atoms with Crippen LogP contribution in [0.3, 0.4) is 0 Å². The number of pyridine rings is 1. The Morgan fingerprint density at radius 1 is 1.62 bits per heavy atom. The second kappa shape index (κ2) is 4.01. The van der Waals surface area contributed by atoms with Crippen molar-refractivity contribution in [3.8, 4) is 5.75 Å². The molecule has 0 unspecified atom stereocenters. The van der Waals surface area contributed by atoms with E-state index in [0.717, 1.165) is 0 Å². The lowest BCUT2D eigenvalue weighted by Gasteiger charge is -2.01. The summed E-state index contributed by atoms with van der Waals surface area (Å²) in [5, 5.41) is 10.4. The van der Waals surface area contributed by atoms with Gasteiger partial charge in [-0.05, 0) is 25.8 Å². The third kappa shape index (κ3) is 2.16. The van der Waals surface area contributed by atoms with Crippen LogP contribution >= 0.6 is 31.9 Å². The maximum absolute atomic E-state index is 10.4. The van der Waals surface area contributed by atoms with Crippen LogP contribution in [0.4, 0.5) is 5.82 Å². The van der Waals surface area contributed by atoms with Crippen LogP contribution in [0.2, 0.25) is 0 Å². The Bertz CT molecular complexity index is 333. The first-order chi connectivity index (χ1) is 6.06. The van der Waals surface area contributed by atoms with Gasteiger partial charge in [-0.15, -0.1) is 0 Å². The summed E-state index contributed by atoms with van der Waals surface area (Å²) in [6, 6.07) is 1.28. The van der Waals surface area contributed by atoms with Gasteiger partial charge >= 0.3 is 5.82 Å². The van der Waals surface area contributed by atoms with E-state index in [9.17, 15) is 10.1 Å². The fourth-order valence-electron chi connectivity index (χ4n) is 0.736. The molecule has 0 saturated carbocycles. The SMILES string of the molecule is COc1c(Br)cc([N+](=O)[O-])nc1Br. The van der Waals surface area contributed by atoms with Gasteiger partial charge in [-0.25, -0.2) is 0 Å². The van der Waals surface area contributed by atoms with Crippen LogP contribution in [-0.2, 0) is 0 Å². The highest BCUT2D eigenvalue weighted by atomic mass is 79.9. The summed E-state index contributed by atoms with van der Waals surface area (Å²) in [4.78, 5) is 13.5. The number of hydrogen-bond donors (Lipinski definition) is 0. The number of methoxy groups -OCH3 is 1. The average Bonchev–Trinajstić information content (AvgIpc) is 2.03. The van der Waals surface area contributed by atoms with E-state index in [-0.39, 0.29) is 5.82 Å². The second-order valence-corrected chi connectivity index (χ2v) is 3.65. The third-order valence-electron chi connectivity index (χ3n) is 1.26. The fourth-order valence-corrected chi connectivity index (χ4v) is 2.11. The Hall–Kier alpha value is -0.690. The number of nitro groups is 1. The molecule has 1 aromatic rings. The summed E-state index contributed by atoms with van der Waals surface area (Å²) in [5.41, 5.74) is 0. The molecule has 0 fully saturated rings. The highest BCUT2D eigenvalue weighted by Crippen LogP contribution is 2.33. The van der Waals surface area contributed by atoms with Crippen molar-refractivity contribution in [2.24, 2.45) is 0 Å². The maximum atomic E-state index is 10.4. The van der Waals surface area contributed by atoms with Gasteiger partial charge < -0.3 is 14.9 Å². The number of halogens is 2. The van der Waals surface area contributed by atoms with E-state index in [4.69, 9.17) is 4.74 Å². The summed E-state index contributed by atoms with van der Waals surface area (Å²) < 4.78 is 5.72. The Kier molecular flexibility index (Phi) is 3.21. The minimum atomic E-state index is -0.574. The smallest absolute Gasteiger partial charge is 0.366 e. The van der Waals surface area contributed by atoms with E-state index in [1.165, 1.54) is 13.2 Å². The van der Waals surface area contributed by atoms with Crippen molar-refractivity contribution in [3.63, 3.8) is 0 Å². The van der Waals surface area contributed by atoms with Crippen LogP contribution in [0.25, 0.3) is 0 Å². The average molecular weight is 312 g/mol. The van der Waals surface area contributed by atoms with E-state index in [1.54, 1.807) is 0 Å². The molecule has 70 valence electrons. The quantitative estimate of drug-likeness (QED) is 0.478. The zero-order valence-electron chi connectivity index (χ0n) is 6.45. The molecule has 13 heavy (non-hydrogen) atoms. The molecule has 0 atom stereocenters. The molecule has 1 aromatic heterocycles. The molecule has 7 heteroatoms. The molecule has 0 aliphatic rings. The van der Waals surface area contributed by atoms with E-state index < -0.39 is 4.92 Å². The van der Waals surface area contributed by atoms with Gasteiger partial charge in [0, 0.05) is 15.9 Å². The molecule has 0 bridgehead atoms. The van der Waals surface area contributed by atoms with E-state index in [2.05, 4.69) is 36.8 Å². The summed E-state index contributed by atoms with van der Waals surface area (Å²) >= 11 is 6.18. The Labute approximate surface area is 90.5 Å². The molecule has 1 heterocycles. The first-order valence-corrected chi connectivity index (χ1v) is 4.69. The van der Waals surface area contributed by atoms with Gasteiger partial charge in [0.15, 0.2) is 5.75 Å².